The summed E-state index contributed by atoms with van der Waals surface area (Å²) in [7, 11) is 1.37. The van der Waals surface area contributed by atoms with E-state index in [-0.39, 0.29) is 42.7 Å². The van der Waals surface area contributed by atoms with E-state index >= 15 is 0 Å². The molecule has 174 valence electrons. The number of anilines is 2. The minimum Gasteiger partial charge on any atom is -0.452 e. The number of halogens is 2. The van der Waals surface area contributed by atoms with E-state index in [1.54, 1.807) is 0 Å². The van der Waals surface area contributed by atoms with E-state index in [1.165, 1.54) is 7.11 Å². The third-order valence-corrected chi connectivity index (χ3v) is 4.33. The number of ether oxygens (including phenoxy) is 2. The Hall–Kier alpha value is -3.54. The molecule has 0 bridgehead atoms. The summed E-state index contributed by atoms with van der Waals surface area (Å²) in [5.41, 5.74) is 3.82. The predicted octanol–water partition coefficient (Wildman–Crippen LogP) is 0.889. The number of hydrogen-bond donors (Lipinski definition) is 2. The molecule has 0 atom stereocenters. The van der Waals surface area contributed by atoms with Crippen LogP contribution >= 0.6 is 0 Å². The first-order chi connectivity index (χ1) is 15.1. The fourth-order valence-electron chi connectivity index (χ4n) is 2.84. The van der Waals surface area contributed by atoms with Crippen LogP contribution < -0.4 is 21.9 Å². The third-order valence-electron chi connectivity index (χ3n) is 4.33. The van der Waals surface area contributed by atoms with Crippen LogP contribution in [0.4, 0.5) is 20.3 Å². The molecular formula is C20H24F2N4O6. The van der Waals surface area contributed by atoms with Crippen molar-refractivity contribution < 1.29 is 27.8 Å². The Bertz CT molecular complexity index is 1110. The normalized spacial score (nSPS) is 10.9. The maximum atomic E-state index is 13.3. The molecule has 12 heteroatoms. The van der Waals surface area contributed by atoms with Gasteiger partial charge in [-0.3, -0.25) is 24.0 Å². The Morgan fingerprint density at radius 1 is 1.22 bits per heavy atom. The number of carbonyl (C=O) groups excluding carboxylic acids is 2. The highest BCUT2D eigenvalue weighted by molar-refractivity contribution is 5.98. The maximum Gasteiger partial charge on any atom is 0.338 e. The van der Waals surface area contributed by atoms with E-state index in [9.17, 15) is 28.0 Å². The number of nitrogens with one attached hydrogen (secondary N) is 1. The van der Waals surface area contributed by atoms with Crippen LogP contribution in [0.1, 0.15) is 24.2 Å². The van der Waals surface area contributed by atoms with Crippen molar-refractivity contribution in [3.8, 4) is 0 Å². The molecule has 0 saturated heterocycles. The minimum absolute atomic E-state index is 0.00501. The predicted molar refractivity (Wildman–Crippen MR) is 111 cm³/mol. The van der Waals surface area contributed by atoms with Gasteiger partial charge in [0.2, 0.25) is 0 Å². The van der Waals surface area contributed by atoms with Crippen molar-refractivity contribution in [2.24, 2.45) is 5.92 Å². The van der Waals surface area contributed by atoms with Crippen molar-refractivity contribution >= 4 is 23.4 Å². The van der Waals surface area contributed by atoms with Gasteiger partial charge in [0.25, 0.3) is 11.5 Å². The zero-order chi connectivity index (χ0) is 24.0. The lowest BCUT2D eigenvalue weighted by atomic mass is 10.2. The molecule has 0 aliphatic carbocycles. The quantitative estimate of drug-likeness (QED) is 0.537. The molecule has 0 aliphatic heterocycles. The molecule has 1 aromatic heterocycles. The zero-order valence-electron chi connectivity index (χ0n) is 17.8. The highest BCUT2D eigenvalue weighted by Gasteiger charge is 2.25. The number of hydrogen-bond acceptors (Lipinski definition) is 7. The average Bonchev–Trinajstić information content (AvgIpc) is 2.73. The number of methoxy groups -OCH3 is 1. The summed E-state index contributed by atoms with van der Waals surface area (Å²) >= 11 is 0. The van der Waals surface area contributed by atoms with Gasteiger partial charge in [-0.25, -0.2) is 18.4 Å². The monoisotopic (exact) mass is 454 g/mol. The van der Waals surface area contributed by atoms with Crippen molar-refractivity contribution in [2.45, 2.75) is 20.4 Å². The second-order valence-electron chi connectivity index (χ2n) is 7.24. The molecule has 0 saturated carbocycles. The van der Waals surface area contributed by atoms with E-state index in [0.717, 1.165) is 21.6 Å². The number of nitrogens with zero attached hydrogens (tertiary/aromatic N) is 2. The minimum atomic E-state index is -1.25. The summed E-state index contributed by atoms with van der Waals surface area (Å²) < 4.78 is 37.3. The van der Waals surface area contributed by atoms with Crippen LogP contribution in [0.25, 0.3) is 0 Å². The van der Waals surface area contributed by atoms with Crippen LogP contribution in [0.2, 0.25) is 0 Å². The first kappa shape index (κ1) is 24.7. The number of H-pyrrole nitrogens is 1. The Labute approximate surface area is 181 Å². The van der Waals surface area contributed by atoms with Gasteiger partial charge in [-0.05, 0) is 24.1 Å². The van der Waals surface area contributed by atoms with E-state index in [2.05, 4.69) is 4.98 Å². The number of carbonyl (C=O) groups is 2. The molecule has 1 heterocycles. The molecule has 0 unspecified atom stereocenters. The number of esters is 1. The molecule has 0 fully saturated rings. The number of aromatic nitrogens is 2. The molecule has 2 aromatic rings. The van der Waals surface area contributed by atoms with Crippen molar-refractivity contribution in [3.05, 3.63) is 56.2 Å². The molecule has 32 heavy (non-hydrogen) atoms. The third kappa shape index (κ3) is 5.78. The van der Waals surface area contributed by atoms with Gasteiger partial charge in [0.15, 0.2) is 23.9 Å². The Morgan fingerprint density at radius 3 is 2.50 bits per heavy atom. The summed E-state index contributed by atoms with van der Waals surface area (Å²) in [4.78, 5) is 52.6. The Morgan fingerprint density at radius 2 is 1.91 bits per heavy atom. The Balaban J connectivity index is 2.32. The topological polar surface area (TPSA) is 137 Å². The fourth-order valence-corrected chi connectivity index (χ4v) is 2.84. The van der Waals surface area contributed by atoms with E-state index in [1.807, 2.05) is 13.8 Å². The van der Waals surface area contributed by atoms with Crippen molar-refractivity contribution in [1.29, 1.82) is 0 Å². The molecule has 3 N–H and O–H groups in total. The molecule has 0 spiro atoms. The fraction of sp³-hybridized carbons (Fsp3) is 0.400. The summed E-state index contributed by atoms with van der Waals surface area (Å²) in [6.45, 7) is 2.90. The van der Waals surface area contributed by atoms with Gasteiger partial charge in [-0.2, -0.15) is 0 Å². The second kappa shape index (κ2) is 10.7. The first-order valence-electron chi connectivity index (χ1n) is 9.60. The van der Waals surface area contributed by atoms with Gasteiger partial charge < -0.3 is 15.2 Å². The van der Waals surface area contributed by atoms with Gasteiger partial charge in [0, 0.05) is 20.2 Å². The molecule has 0 aliphatic rings. The summed E-state index contributed by atoms with van der Waals surface area (Å²) in [5, 5.41) is 0. The van der Waals surface area contributed by atoms with Crippen LogP contribution in [0, 0.1) is 17.6 Å². The smallest absolute Gasteiger partial charge is 0.338 e. The average molecular weight is 454 g/mol. The maximum absolute atomic E-state index is 13.3. The highest BCUT2D eigenvalue weighted by Crippen LogP contribution is 2.18. The first-order valence-corrected chi connectivity index (χ1v) is 9.60. The van der Waals surface area contributed by atoms with E-state index < -0.39 is 41.4 Å². The number of nitrogen functional groups attached to an aromatic ring is 1. The standard InChI is InChI=1S/C20H24F2N4O6/c1-11(2)9-26-17(23)16(18(28)24-20(26)30)25(6-7-31-3)15(27)10-32-19(29)12-4-5-13(21)14(22)8-12/h4-5,8,11H,6-7,9-10,23H2,1-3H3,(H,24,28,30). The molecule has 2 rings (SSSR count). The summed E-state index contributed by atoms with van der Waals surface area (Å²) in [6.07, 6.45) is 0. The Kier molecular flexibility index (Phi) is 8.24. The van der Waals surface area contributed by atoms with Crippen molar-refractivity contribution in [1.82, 2.24) is 9.55 Å². The SMILES string of the molecule is COCCN(C(=O)COC(=O)c1ccc(F)c(F)c1)c1c(N)n(CC(C)C)c(=O)[nH]c1=O. The number of nitrogens with two attached hydrogens (primary N) is 1. The molecule has 10 nitrogen and oxygen atoms in total. The lowest BCUT2D eigenvalue weighted by Crippen LogP contribution is -2.44. The number of benzene rings is 1. The number of rotatable bonds is 9. The van der Waals surface area contributed by atoms with Crippen LogP contribution in [0.3, 0.4) is 0 Å². The van der Waals surface area contributed by atoms with Gasteiger partial charge in [-0.1, -0.05) is 13.8 Å². The van der Waals surface area contributed by atoms with Crippen LogP contribution in [0.15, 0.2) is 27.8 Å². The van der Waals surface area contributed by atoms with Crippen LogP contribution in [0.5, 0.6) is 0 Å². The van der Waals surface area contributed by atoms with Crippen molar-refractivity contribution in [3.63, 3.8) is 0 Å². The summed E-state index contributed by atoms with van der Waals surface area (Å²) in [6, 6.07) is 2.38. The second-order valence-corrected chi connectivity index (χ2v) is 7.24. The van der Waals surface area contributed by atoms with Crippen molar-refractivity contribution in [2.75, 3.05) is 37.5 Å². The largest absolute Gasteiger partial charge is 0.452 e. The van der Waals surface area contributed by atoms with E-state index in [4.69, 9.17) is 15.2 Å². The number of amides is 1. The van der Waals surface area contributed by atoms with Gasteiger partial charge in [0.05, 0.1) is 12.2 Å². The van der Waals surface area contributed by atoms with Gasteiger partial charge >= 0.3 is 11.7 Å². The highest BCUT2D eigenvalue weighted by atomic mass is 19.2. The number of aromatic amines is 1. The lowest BCUT2D eigenvalue weighted by Gasteiger charge is -2.24. The zero-order valence-corrected chi connectivity index (χ0v) is 17.8. The summed E-state index contributed by atoms with van der Waals surface area (Å²) in [5.74, 6) is -4.54. The molecule has 1 amide bonds. The lowest BCUT2D eigenvalue weighted by molar-refractivity contribution is -0.121. The molecule has 0 radical (unpaired) electrons. The van der Waals surface area contributed by atoms with Crippen LogP contribution in [-0.4, -0.2) is 48.3 Å². The van der Waals surface area contributed by atoms with Gasteiger partial charge in [0.1, 0.15) is 5.82 Å². The molecular weight excluding hydrogens is 430 g/mol. The van der Waals surface area contributed by atoms with E-state index in [0.29, 0.717) is 6.07 Å². The van der Waals surface area contributed by atoms with Crippen LogP contribution in [-0.2, 0) is 20.8 Å². The molecule has 1 aromatic carbocycles. The van der Waals surface area contributed by atoms with Gasteiger partial charge in [-0.15, -0.1) is 0 Å².